The highest BCUT2D eigenvalue weighted by molar-refractivity contribution is 4.75. The Morgan fingerprint density at radius 1 is 0.583 bits per heavy atom. The summed E-state index contributed by atoms with van der Waals surface area (Å²) in [7, 11) is 0. The van der Waals surface area contributed by atoms with E-state index in [1.165, 1.54) is 25.7 Å². The third kappa shape index (κ3) is 80.2. The fraction of sp³-hybridized carbons (Fsp3) is 1.00. The molecule has 0 atom stereocenters. The zero-order valence-electron chi connectivity index (χ0n) is 20.3. The standard InChI is InChI=1S/C6H12.2C5H12.2C4H10.H2/c1-5(2)6-3-4-6;2*1-4-5(2)3;2*1-4(2)3;/h5-6H,3-4H2,1-2H3;2*5H,4H2,1-3H3;2*4H,1-3H3;1H. The van der Waals surface area contributed by atoms with Crippen LogP contribution in [0.1, 0.15) is 124 Å². The van der Waals surface area contributed by atoms with Crippen LogP contribution < -0.4 is 0 Å². The maximum Gasteiger partial charge on any atom is 0 e. The largest absolute Gasteiger partial charge is 0.0651 e. The van der Waals surface area contributed by atoms with E-state index in [1.54, 1.807) is 0 Å². The Morgan fingerprint density at radius 3 is 0.750 bits per heavy atom. The van der Waals surface area contributed by atoms with E-state index >= 15 is 0 Å². The van der Waals surface area contributed by atoms with Gasteiger partial charge in [-0.1, -0.05) is 110 Å². The van der Waals surface area contributed by atoms with E-state index in [2.05, 4.69) is 96.9 Å². The summed E-state index contributed by atoms with van der Waals surface area (Å²) in [4.78, 5) is 0. The van der Waals surface area contributed by atoms with Gasteiger partial charge in [-0.2, -0.15) is 0 Å². The van der Waals surface area contributed by atoms with Crippen molar-refractivity contribution in [1.82, 2.24) is 0 Å². The third-order valence-electron chi connectivity index (χ3n) is 3.20. The molecule has 1 fully saturated rings. The van der Waals surface area contributed by atoms with Crippen molar-refractivity contribution in [3.63, 3.8) is 0 Å². The summed E-state index contributed by atoms with van der Waals surface area (Å²) in [6.45, 7) is 30.9. The van der Waals surface area contributed by atoms with E-state index in [-0.39, 0.29) is 1.43 Å². The summed E-state index contributed by atoms with van der Waals surface area (Å²) in [5.41, 5.74) is 0. The van der Waals surface area contributed by atoms with Crippen LogP contribution in [-0.4, -0.2) is 0 Å². The van der Waals surface area contributed by atoms with Gasteiger partial charge in [0.25, 0.3) is 0 Å². The summed E-state index contributed by atoms with van der Waals surface area (Å²) in [6.07, 6.45) is 5.61. The van der Waals surface area contributed by atoms with Gasteiger partial charge in [0.1, 0.15) is 0 Å². The van der Waals surface area contributed by atoms with Gasteiger partial charge in [0.2, 0.25) is 0 Å². The Bertz CT molecular complexity index is 169. The van der Waals surface area contributed by atoms with Crippen LogP contribution in [0.2, 0.25) is 0 Å². The zero-order valence-corrected chi connectivity index (χ0v) is 20.3. The lowest BCUT2D eigenvalue weighted by molar-refractivity contribution is 0.563. The van der Waals surface area contributed by atoms with Gasteiger partial charge in [0.15, 0.2) is 0 Å². The lowest BCUT2D eigenvalue weighted by Crippen LogP contribution is -1.85. The third-order valence-corrected chi connectivity index (χ3v) is 3.20. The van der Waals surface area contributed by atoms with Gasteiger partial charge >= 0.3 is 0 Å². The molecule has 24 heavy (non-hydrogen) atoms. The predicted octanol–water partition coefficient (Wildman–Crippen LogP) is 9.73. The predicted molar refractivity (Wildman–Crippen MR) is 121 cm³/mol. The van der Waals surface area contributed by atoms with Gasteiger partial charge in [-0.25, -0.2) is 0 Å². The van der Waals surface area contributed by atoms with Crippen molar-refractivity contribution in [3.05, 3.63) is 0 Å². The molecule has 0 amide bonds. The first-order valence-corrected chi connectivity index (χ1v) is 10.8. The molecule has 0 heteroatoms. The fourth-order valence-corrected chi connectivity index (χ4v) is 0.763. The quantitative estimate of drug-likeness (QED) is 0.477. The average molecular weight is 347 g/mol. The molecule has 0 heterocycles. The van der Waals surface area contributed by atoms with Gasteiger partial charge in [0, 0.05) is 1.43 Å². The number of rotatable bonds is 3. The smallest absolute Gasteiger partial charge is 0 e. The topological polar surface area (TPSA) is 0 Å². The second-order valence-electron chi connectivity index (χ2n) is 9.65. The maximum atomic E-state index is 2.30. The fourth-order valence-electron chi connectivity index (χ4n) is 0.763. The Kier molecular flexibility index (Phi) is 30.4. The zero-order chi connectivity index (χ0) is 20.3. The minimum atomic E-state index is 0. The Morgan fingerprint density at radius 2 is 0.750 bits per heavy atom. The molecule has 1 saturated carbocycles. The molecule has 0 spiro atoms. The van der Waals surface area contributed by atoms with Crippen LogP contribution in [0.15, 0.2) is 0 Å². The highest BCUT2D eigenvalue weighted by atomic mass is 14.3. The van der Waals surface area contributed by atoms with E-state index in [0.717, 1.165) is 35.5 Å². The van der Waals surface area contributed by atoms with Gasteiger partial charge in [-0.15, -0.1) is 0 Å². The summed E-state index contributed by atoms with van der Waals surface area (Å²) in [6, 6.07) is 0. The maximum absolute atomic E-state index is 2.30. The van der Waals surface area contributed by atoms with Crippen molar-refractivity contribution in [1.29, 1.82) is 0 Å². The summed E-state index contributed by atoms with van der Waals surface area (Å²) in [5, 5.41) is 0. The highest BCUT2D eigenvalue weighted by Gasteiger charge is 2.23. The molecular formula is C24H58. The van der Waals surface area contributed by atoms with Crippen LogP contribution in [-0.2, 0) is 0 Å². The first-order valence-electron chi connectivity index (χ1n) is 10.8. The summed E-state index contributed by atoms with van der Waals surface area (Å²) in [5.74, 6) is 5.50. The van der Waals surface area contributed by atoms with Gasteiger partial charge in [-0.05, 0) is 48.3 Å². The van der Waals surface area contributed by atoms with Gasteiger partial charge in [0.05, 0.1) is 0 Å². The minimum Gasteiger partial charge on any atom is -0.0651 e. The van der Waals surface area contributed by atoms with Crippen LogP contribution in [0.3, 0.4) is 0 Å². The molecule has 0 aromatic heterocycles. The minimum absolute atomic E-state index is 0. The molecule has 0 radical (unpaired) electrons. The SMILES string of the molecule is CC(C)C.CC(C)C.CC(C)C1CC1.CCC(C)C.CCC(C)C.[HH]. The molecule has 1 aliphatic carbocycles. The number of hydrogen-bond donors (Lipinski definition) is 0. The van der Waals surface area contributed by atoms with Crippen molar-refractivity contribution >= 4 is 0 Å². The number of hydrogen-bond acceptors (Lipinski definition) is 0. The molecule has 0 bridgehead atoms. The summed E-state index contributed by atoms with van der Waals surface area (Å²) < 4.78 is 0. The van der Waals surface area contributed by atoms with Crippen LogP contribution in [0.4, 0.5) is 0 Å². The molecule has 1 aliphatic rings. The molecule has 1 rings (SSSR count). The second kappa shape index (κ2) is 23.0. The molecule has 0 saturated heterocycles. The Hall–Kier alpha value is 0. The molecule has 0 N–H and O–H groups in total. The first-order chi connectivity index (χ1) is 10.8. The Labute approximate surface area is 160 Å². The lowest BCUT2D eigenvalue weighted by atomic mass is 10.1. The van der Waals surface area contributed by atoms with Gasteiger partial charge in [-0.3, -0.25) is 0 Å². The molecule has 0 aliphatic heterocycles. The normalized spacial score (nSPS) is 12.6. The van der Waals surface area contributed by atoms with Crippen LogP contribution >= 0.6 is 0 Å². The van der Waals surface area contributed by atoms with Crippen molar-refractivity contribution in [2.45, 2.75) is 123 Å². The van der Waals surface area contributed by atoms with E-state index in [4.69, 9.17) is 0 Å². The molecule has 0 nitrogen and oxygen atoms in total. The lowest BCUT2D eigenvalue weighted by Gasteiger charge is -1.94. The van der Waals surface area contributed by atoms with E-state index < -0.39 is 0 Å². The molecule has 0 aromatic carbocycles. The second-order valence-corrected chi connectivity index (χ2v) is 9.65. The van der Waals surface area contributed by atoms with E-state index in [9.17, 15) is 0 Å². The van der Waals surface area contributed by atoms with E-state index in [0.29, 0.717) is 0 Å². The molecule has 0 aromatic rings. The van der Waals surface area contributed by atoms with Gasteiger partial charge < -0.3 is 0 Å². The highest BCUT2D eigenvalue weighted by Crippen LogP contribution is 2.35. The summed E-state index contributed by atoms with van der Waals surface area (Å²) >= 11 is 0. The Balaban J connectivity index is -0.0000000668. The van der Waals surface area contributed by atoms with Crippen molar-refractivity contribution in [3.8, 4) is 0 Å². The first kappa shape index (κ1) is 31.7. The van der Waals surface area contributed by atoms with Crippen molar-refractivity contribution in [2.24, 2.45) is 35.5 Å². The molecule has 0 unspecified atom stereocenters. The monoisotopic (exact) mass is 346 g/mol. The van der Waals surface area contributed by atoms with Crippen LogP contribution in [0, 0.1) is 35.5 Å². The van der Waals surface area contributed by atoms with Crippen LogP contribution in [0.5, 0.6) is 0 Å². The molecule has 154 valence electrons. The van der Waals surface area contributed by atoms with E-state index in [1.807, 2.05) is 0 Å². The van der Waals surface area contributed by atoms with Crippen molar-refractivity contribution < 1.29 is 1.43 Å². The molecular weight excluding hydrogens is 288 g/mol. The van der Waals surface area contributed by atoms with Crippen molar-refractivity contribution in [2.75, 3.05) is 0 Å². The van der Waals surface area contributed by atoms with Crippen LogP contribution in [0.25, 0.3) is 0 Å². The average Bonchev–Trinajstić information content (AvgIpc) is 3.23.